The van der Waals surface area contributed by atoms with Crippen LogP contribution in [0, 0.1) is 0 Å². The predicted molar refractivity (Wildman–Crippen MR) is 98.1 cm³/mol. The van der Waals surface area contributed by atoms with Gasteiger partial charge in [0.05, 0.1) is 5.69 Å². The van der Waals surface area contributed by atoms with Gasteiger partial charge in [-0.1, -0.05) is 39.7 Å². The van der Waals surface area contributed by atoms with Crippen molar-refractivity contribution >= 4 is 21.6 Å². The Kier molecular flexibility index (Phi) is 9.02. The van der Waals surface area contributed by atoms with Gasteiger partial charge in [0.2, 0.25) is 0 Å². The topological polar surface area (TPSA) is 29.3 Å². The number of unbranched alkanes of at least 4 members (excludes halogenated alkanes) is 2. The van der Waals surface area contributed by atoms with Gasteiger partial charge < -0.3 is 10.6 Å². The standard InChI is InChI=1S/C18H31BrN2/c1-4-7-11-21(12-8-5-2)18-10-9-15(14-17(18)19)13-16(20)6-3/h9-10,14,16H,4-8,11-13,20H2,1-3H3. The number of halogens is 1. The monoisotopic (exact) mass is 354 g/mol. The van der Waals surface area contributed by atoms with Crippen molar-refractivity contribution in [3.05, 3.63) is 28.2 Å². The van der Waals surface area contributed by atoms with Crippen LogP contribution in [0.5, 0.6) is 0 Å². The van der Waals surface area contributed by atoms with Crippen molar-refractivity contribution in [3.63, 3.8) is 0 Å². The highest BCUT2D eigenvalue weighted by Gasteiger charge is 2.11. The fraction of sp³-hybridized carbons (Fsp3) is 0.667. The lowest BCUT2D eigenvalue weighted by Gasteiger charge is -2.26. The first-order valence-corrected chi connectivity index (χ1v) is 9.20. The largest absolute Gasteiger partial charge is 0.371 e. The second-order valence-electron chi connectivity index (χ2n) is 5.85. The summed E-state index contributed by atoms with van der Waals surface area (Å²) in [4.78, 5) is 2.51. The van der Waals surface area contributed by atoms with Crippen LogP contribution < -0.4 is 10.6 Å². The van der Waals surface area contributed by atoms with Crippen molar-refractivity contribution < 1.29 is 0 Å². The first-order chi connectivity index (χ1) is 10.1. The minimum atomic E-state index is 0.263. The van der Waals surface area contributed by atoms with Crippen LogP contribution in [0.2, 0.25) is 0 Å². The number of nitrogens with two attached hydrogens (primary N) is 1. The lowest BCUT2D eigenvalue weighted by molar-refractivity contribution is 0.645. The molecule has 0 heterocycles. The molecular weight excluding hydrogens is 324 g/mol. The van der Waals surface area contributed by atoms with E-state index in [2.05, 4.69) is 59.8 Å². The zero-order valence-corrected chi connectivity index (χ0v) is 15.5. The van der Waals surface area contributed by atoms with Gasteiger partial charge in [0, 0.05) is 23.6 Å². The summed E-state index contributed by atoms with van der Waals surface area (Å²) < 4.78 is 1.20. The maximum Gasteiger partial charge on any atom is 0.0510 e. The van der Waals surface area contributed by atoms with Crippen LogP contribution in [0.3, 0.4) is 0 Å². The summed E-state index contributed by atoms with van der Waals surface area (Å²) in [5.74, 6) is 0. The molecular formula is C18H31BrN2. The molecule has 0 saturated carbocycles. The van der Waals surface area contributed by atoms with E-state index >= 15 is 0 Å². The molecule has 1 aromatic carbocycles. The zero-order valence-electron chi connectivity index (χ0n) is 13.9. The molecule has 21 heavy (non-hydrogen) atoms. The highest BCUT2D eigenvalue weighted by molar-refractivity contribution is 9.10. The smallest absolute Gasteiger partial charge is 0.0510 e. The van der Waals surface area contributed by atoms with E-state index in [0.29, 0.717) is 0 Å². The van der Waals surface area contributed by atoms with Crippen LogP contribution in [0.4, 0.5) is 5.69 Å². The third kappa shape index (κ3) is 6.39. The molecule has 1 atom stereocenters. The average molecular weight is 355 g/mol. The molecule has 0 amide bonds. The van der Waals surface area contributed by atoms with Crippen LogP contribution in [0.25, 0.3) is 0 Å². The van der Waals surface area contributed by atoms with Gasteiger partial charge in [-0.25, -0.2) is 0 Å². The molecule has 0 aliphatic carbocycles. The molecule has 0 aliphatic heterocycles. The predicted octanol–water partition coefficient (Wildman–Crippen LogP) is 5.14. The van der Waals surface area contributed by atoms with Crippen molar-refractivity contribution in [2.75, 3.05) is 18.0 Å². The summed E-state index contributed by atoms with van der Waals surface area (Å²) >= 11 is 3.76. The summed E-state index contributed by atoms with van der Waals surface area (Å²) in [6, 6.07) is 7.00. The second-order valence-corrected chi connectivity index (χ2v) is 6.71. The molecule has 0 aromatic heterocycles. The van der Waals surface area contributed by atoms with E-state index in [0.717, 1.165) is 25.9 Å². The summed E-state index contributed by atoms with van der Waals surface area (Å²) in [5.41, 5.74) is 8.71. The number of benzene rings is 1. The molecule has 1 unspecified atom stereocenters. The fourth-order valence-corrected chi connectivity index (χ4v) is 3.11. The van der Waals surface area contributed by atoms with Crippen molar-refractivity contribution in [1.29, 1.82) is 0 Å². The average Bonchev–Trinajstić information content (AvgIpc) is 2.48. The quantitative estimate of drug-likeness (QED) is 0.630. The normalized spacial score (nSPS) is 12.4. The number of rotatable bonds is 10. The molecule has 120 valence electrons. The lowest BCUT2D eigenvalue weighted by Crippen LogP contribution is -2.26. The van der Waals surface area contributed by atoms with Crippen molar-refractivity contribution in [1.82, 2.24) is 0 Å². The Morgan fingerprint density at radius 2 is 1.71 bits per heavy atom. The lowest BCUT2D eigenvalue weighted by atomic mass is 10.0. The number of hydrogen-bond acceptors (Lipinski definition) is 2. The third-order valence-electron chi connectivity index (χ3n) is 3.94. The van der Waals surface area contributed by atoms with Gasteiger partial charge in [-0.3, -0.25) is 0 Å². The van der Waals surface area contributed by atoms with Gasteiger partial charge >= 0.3 is 0 Å². The Hall–Kier alpha value is -0.540. The molecule has 0 aliphatic rings. The van der Waals surface area contributed by atoms with E-state index < -0.39 is 0 Å². The van der Waals surface area contributed by atoms with Gasteiger partial charge in [-0.05, 0) is 59.3 Å². The van der Waals surface area contributed by atoms with Crippen molar-refractivity contribution in [2.24, 2.45) is 5.73 Å². The van der Waals surface area contributed by atoms with E-state index in [1.165, 1.54) is 41.4 Å². The third-order valence-corrected chi connectivity index (χ3v) is 4.57. The molecule has 2 N–H and O–H groups in total. The van der Waals surface area contributed by atoms with E-state index in [4.69, 9.17) is 5.73 Å². The summed E-state index contributed by atoms with van der Waals surface area (Å²) in [5, 5.41) is 0. The summed E-state index contributed by atoms with van der Waals surface area (Å²) in [6.45, 7) is 8.93. The minimum absolute atomic E-state index is 0.263. The SMILES string of the molecule is CCCCN(CCCC)c1ccc(CC(N)CC)cc1Br. The van der Waals surface area contributed by atoms with E-state index in [-0.39, 0.29) is 6.04 Å². The van der Waals surface area contributed by atoms with Gasteiger partial charge in [0.25, 0.3) is 0 Å². The molecule has 3 heteroatoms. The van der Waals surface area contributed by atoms with Gasteiger partial charge in [-0.2, -0.15) is 0 Å². The molecule has 0 fully saturated rings. The summed E-state index contributed by atoms with van der Waals surface area (Å²) in [6.07, 6.45) is 6.96. The zero-order chi connectivity index (χ0) is 15.7. The van der Waals surface area contributed by atoms with Crippen LogP contribution in [0.15, 0.2) is 22.7 Å². The highest BCUT2D eigenvalue weighted by Crippen LogP contribution is 2.28. The Morgan fingerprint density at radius 3 is 2.19 bits per heavy atom. The first kappa shape index (κ1) is 18.5. The second kappa shape index (κ2) is 10.2. The highest BCUT2D eigenvalue weighted by atomic mass is 79.9. The van der Waals surface area contributed by atoms with Crippen LogP contribution in [-0.4, -0.2) is 19.1 Å². The molecule has 0 saturated heterocycles. The maximum absolute atomic E-state index is 6.06. The first-order valence-electron chi connectivity index (χ1n) is 8.41. The van der Waals surface area contributed by atoms with E-state index in [1.807, 2.05) is 0 Å². The Bertz CT molecular complexity index is 398. The molecule has 0 bridgehead atoms. The van der Waals surface area contributed by atoms with Crippen molar-refractivity contribution in [2.45, 2.75) is 65.3 Å². The van der Waals surface area contributed by atoms with Crippen LogP contribution in [-0.2, 0) is 6.42 Å². The fourth-order valence-electron chi connectivity index (χ4n) is 2.43. The van der Waals surface area contributed by atoms with Crippen LogP contribution in [0.1, 0.15) is 58.4 Å². The maximum atomic E-state index is 6.06. The van der Waals surface area contributed by atoms with Crippen molar-refractivity contribution in [3.8, 4) is 0 Å². The molecule has 1 aromatic rings. The minimum Gasteiger partial charge on any atom is -0.371 e. The number of anilines is 1. The van der Waals surface area contributed by atoms with E-state index in [9.17, 15) is 0 Å². The Morgan fingerprint density at radius 1 is 1.10 bits per heavy atom. The number of hydrogen-bond donors (Lipinski definition) is 1. The van der Waals surface area contributed by atoms with Crippen LogP contribution >= 0.6 is 15.9 Å². The van der Waals surface area contributed by atoms with Gasteiger partial charge in [-0.15, -0.1) is 0 Å². The molecule has 1 rings (SSSR count). The Labute approximate surface area is 139 Å². The van der Waals surface area contributed by atoms with E-state index in [1.54, 1.807) is 0 Å². The Balaban J connectivity index is 2.82. The molecule has 0 radical (unpaired) electrons. The number of nitrogens with zero attached hydrogens (tertiary/aromatic N) is 1. The molecule has 0 spiro atoms. The molecule has 2 nitrogen and oxygen atoms in total. The van der Waals surface area contributed by atoms with Gasteiger partial charge in [0.15, 0.2) is 0 Å². The van der Waals surface area contributed by atoms with Gasteiger partial charge in [0.1, 0.15) is 0 Å². The summed E-state index contributed by atoms with van der Waals surface area (Å²) in [7, 11) is 0.